The molecular formula is C21H21NO3. The summed E-state index contributed by atoms with van der Waals surface area (Å²) in [5, 5.41) is 10.3. The zero-order chi connectivity index (χ0) is 17.7. The van der Waals surface area contributed by atoms with Crippen molar-refractivity contribution in [2.24, 2.45) is 0 Å². The van der Waals surface area contributed by atoms with Crippen molar-refractivity contribution in [3.63, 3.8) is 0 Å². The van der Waals surface area contributed by atoms with Crippen molar-refractivity contribution in [1.29, 1.82) is 0 Å². The monoisotopic (exact) mass is 335 g/mol. The Morgan fingerprint density at radius 1 is 1.16 bits per heavy atom. The number of rotatable bonds is 5. The summed E-state index contributed by atoms with van der Waals surface area (Å²) in [4.78, 5) is 14.2. The van der Waals surface area contributed by atoms with Crippen LogP contribution >= 0.6 is 0 Å². The van der Waals surface area contributed by atoms with Crippen LogP contribution < -0.4 is 0 Å². The average Bonchev–Trinajstić information content (AvgIpc) is 3.09. The van der Waals surface area contributed by atoms with E-state index >= 15 is 0 Å². The normalized spacial score (nSPS) is 19.4. The van der Waals surface area contributed by atoms with Crippen LogP contribution in [0.1, 0.15) is 11.1 Å². The third-order valence-corrected chi connectivity index (χ3v) is 4.43. The topological polar surface area (TPSA) is 49.8 Å². The lowest BCUT2D eigenvalue weighted by Crippen LogP contribution is -2.48. The molecule has 1 unspecified atom stereocenters. The molecule has 1 atom stereocenters. The first-order valence-corrected chi connectivity index (χ1v) is 8.20. The van der Waals surface area contributed by atoms with Crippen molar-refractivity contribution in [3.05, 3.63) is 90.5 Å². The Balaban J connectivity index is 2.05. The van der Waals surface area contributed by atoms with Gasteiger partial charge in [-0.05, 0) is 22.8 Å². The SMILES string of the molecule is C=CCOC(=O)N1CC(c2ccccc2)=CC1(CO)c1ccccc1. The third kappa shape index (κ3) is 3.21. The molecule has 1 amide bonds. The predicted molar refractivity (Wildman–Crippen MR) is 97.9 cm³/mol. The number of aliphatic hydroxyl groups is 1. The summed E-state index contributed by atoms with van der Waals surface area (Å²) in [5.74, 6) is 0. The molecule has 0 spiro atoms. The fraction of sp³-hybridized carbons (Fsp3) is 0.190. The van der Waals surface area contributed by atoms with Crippen molar-refractivity contribution in [1.82, 2.24) is 4.90 Å². The average molecular weight is 335 g/mol. The number of benzene rings is 2. The van der Waals surface area contributed by atoms with Gasteiger partial charge >= 0.3 is 6.09 Å². The van der Waals surface area contributed by atoms with Gasteiger partial charge in [0.15, 0.2) is 0 Å². The molecular weight excluding hydrogens is 314 g/mol. The number of nitrogens with zero attached hydrogens (tertiary/aromatic N) is 1. The predicted octanol–water partition coefficient (Wildman–Crippen LogP) is 3.60. The van der Waals surface area contributed by atoms with Gasteiger partial charge in [-0.3, -0.25) is 4.90 Å². The highest BCUT2D eigenvalue weighted by Crippen LogP contribution is 2.40. The molecule has 2 aromatic carbocycles. The quantitative estimate of drug-likeness (QED) is 0.850. The highest BCUT2D eigenvalue weighted by Gasteiger charge is 2.45. The van der Waals surface area contributed by atoms with Crippen LogP contribution in [0.4, 0.5) is 4.79 Å². The highest BCUT2D eigenvalue weighted by atomic mass is 16.6. The number of hydrogen-bond acceptors (Lipinski definition) is 3. The maximum absolute atomic E-state index is 12.6. The second kappa shape index (κ2) is 7.36. The second-order valence-corrected chi connectivity index (χ2v) is 5.94. The molecule has 0 saturated heterocycles. The van der Waals surface area contributed by atoms with E-state index in [2.05, 4.69) is 6.58 Å². The van der Waals surface area contributed by atoms with Gasteiger partial charge in [0.05, 0.1) is 13.2 Å². The molecule has 3 rings (SSSR count). The minimum Gasteiger partial charge on any atom is -0.445 e. The largest absolute Gasteiger partial charge is 0.445 e. The Morgan fingerprint density at radius 2 is 1.80 bits per heavy atom. The van der Waals surface area contributed by atoms with E-state index in [0.29, 0.717) is 6.54 Å². The van der Waals surface area contributed by atoms with Crippen LogP contribution in [0.2, 0.25) is 0 Å². The zero-order valence-corrected chi connectivity index (χ0v) is 14.0. The van der Waals surface area contributed by atoms with Crippen molar-refractivity contribution in [2.75, 3.05) is 19.8 Å². The number of amides is 1. The molecule has 4 nitrogen and oxygen atoms in total. The van der Waals surface area contributed by atoms with Crippen molar-refractivity contribution >= 4 is 11.7 Å². The lowest BCUT2D eigenvalue weighted by atomic mass is 9.89. The van der Waals surface area contributed by atoms with Gasteiger partial charge in [-0.2, -0.15) is 0 Å². The minimum atomic E-state index is -0.940. The van der Waals surface area contributed by atoms with Crippen LogP contribution in [0.3, 0.4) is 0 Å². The summed E-state index contributed by atoms with van der Waals surface area (Å²) < 4.78 is 5.26. The van der Waals surface area contributed by atoms with E-state index in [9.17, 15) is 9.90 Å². The molecule has 0 bridgehead atoms. The molecule has 0 aliphatic carbocycles. The Kier molecular flexibility index (Phi) is 5.00. The number of ether oxygens (including phenoxy) is 1. The summed E-state index contributed by atoms with van der Waals surface area (Å²) >= 11 is 0. The van der Waals surface area contributed by atoms with E-state index in [1.807, 2.05) is 66.7 Å². The molecule has 0 saturated carbocycles. The molecule has 0 aromatic heterocycles. The summed E-state index contributed by atoms with van der Waals surface area (Å²) in [6, 6.07) is 19.4. The first kappa shape index (κ1) is 17.0. The van der Waals surface area contributed by atoms with Crippen LogP contribution in [0.15, 0.2) is 79.4 Å². The molecule has 4 heteroatoms. The Morgan fingerprint density at radius 3 is 2.40 bits per heavy atom. The third-order valence-electron chi connectivity index (χ3n) is 4.43. The van der Waals surface area contributed by atoms with Crippen LogP contribution in [-0.4, -0.2) is 35.9 Å². The summed E-state index contributed by atoms with van der Waals surface area (Å²) in [7, 11) is 0. The molecule has 1 aliphatic heterocycles. The summed E-state index contributed by atoms with van der Waals surface area (Å²) in [5.41, 5.74) is 1.91. The fourth-order valence-electron chi connectivity index (χ4n) is 3.17. The summed E-state index contributed by atoms with van der Waals surface area (Å²) in [6.07, 6.45) is 3.02. The molecule has 2 aromatic rings. The van der Waals surface area contributed by atoms with Crippen molar-refractivity contribution < 1.29 is 14.6 Å². The van der Waals surface area contributed by atoms with E-state index in [0.717, 1.165) is 16.7 Å². The number of carbonyl (C=O) groups is 1. The molecule has 1 aliphatic rings. The van der Waals surface area contributed by atoms with Crippen LogP contribution in [0, 0.1) is 0 Å². The smallest absolute Gasteiger partial charge is 0.411 e. The van der Waals surface area contributed by atoms with E-state index in [4.69, 9.17) is 4.74 Å². The van der Waals surface area contributed by atoms with Crippen molar-refractivity contribution in [2.45, 2.75) is 5.54 Å². The lowest BCUT2D eigenvalue weighted by molar-refractivity contribution is 0.0576. The van der Waals surface area contributed by atoms with Crippen LogP contribution in [0.5, 0.6) is 0 Å². The molecule has 128 valence electrons. The minimum absolute atomic E-state index is 0.131. The first-order valence-electron chi connectivity index (χ1n) is 8.20. The molecule has 1 heterocycles. The van der Waals surface area contributed by atoms with Gasteiger partial charge in [0.25, 0.3) is 0 Å². The lowest BCUT2D eigenvalue weighted by Gasteiger charge is -2.36. The molecule has 25 heavy (non-hydrogen) atoms. The second-order valence-electron chi connectivity index (χ2n) is 5.94. The number of hydrogen-bond donors (Lipinski definition) is 1. The van der Waals surface area contributed by atoms with E-state index in [1.54, 1.807) is 4.90 Å². The van der Waals surface area contributed by atoms with Crippen molar-refractivity contribution in [3.8, 4) is 0 Å². The van der Waals surface area contributed by atoms with E-state index in [-0.39, 0.29) is 13.2 Å². The van der Waals surface area contributed by atoms with Gasteiger partial charge in [0.1, 0.15) is 12.1 Å². The van der Waals surface area contributed by atoms with Crippen LogP contribution in [0.25, 0.3) is 5.57 Å². The van der Waals surface area contributed by atoms with Gasteiger partial charge < -0.3 is 9.84 Å². The standard InChI is InChI=1S/C21H21NO3/c1-2-13-25-20(24)22-15-18(17-9-5-3-6-10-17)14-21(22,16-23)19-11-7-4-8-12-19/h2-12,14,23H,1,13,15-16H2. The number of carbonyl (C=O) groups excluding carboxylic acids is 1. The Labute approximate surface area is 147 Å². The van der Waals surface area contributed by atoms with Gasteiger partial charge in [0, 0.05) is 0 Å². The van der Waals surface area contributed by atoms with E-state index in [1.165, 1.54) is 6.08 Å². The van der Waals surface area contributed by atoms with Crippen LogP contribution in [-0.2, 0) is 10.3 Å². The maximum Gasteiger partial charge on any atom is 0.411 e. The fourth-order valence-corrected chi connectivity index (χ4v) is 3.17. The van der Waals surface area contributed by atoms with Gasteiger partial charge in [-0.15, -0.1) is 0 Å². The van der Waals surface area contributed by atoms with E-state index < -0.39 is 11.6 Å². The highest BCUT2D eigenvalue weighted by molar-refractivity contribution is 5.80. The van der Waals surface area contributed by atoms with Gasteiger partial charge in [-0.1, -0.05) is 73.3 Å². The first-order chi connectivity index (χ1) is 12.2. The zero-order valence-electron chi connectivity index (χ0n) is 14.0. The molecule has 1 N–H and O–H groups in total. The Bertz CT molecular complexity index is 770. The molecule has 0 fully saturated rings. The molecule has 0 radical (unpaired) electrons. The maximum atomic E-state index is 12.6. The van der Waals surface area contributed by atoms with Gasteiger partial charge in [0.2, 0.25) is 0 Å². The van der Waals surface area contributed by atoms with Gasteiger partial charge in [-0.25, -0.2) is 4.79 Å². The Hall–Kier alpha value is -2.85. The number of aliphatic hydroxyl groups excluding tert-OH is 1. The summed E-state index contributed by atoms with van der Waals surface area (Å²) in [6.45, 7) is 3.85.